The minimum absolute atomic E-state index is 0.102. The quantitative estimate of drug-likeness (QED) is 0.557. The fourth-order valence-corrected chi connectivity index (χ4v) is 3.32. The molecular formula is C21H22F6N4O6. The molecular weight excluding hydrogens is 518 g/mol. The van der Waals surface area contributed by atoms with Gasteiger partial charge in [0, 0.05) is 18.7 Å². The molecule has 0 bridgehead atoms. The number of aromatic nitrogens is 3. The van der Waals surface area contributed by atoms with Gasteiger partial charge in [-0.15, -0.1) is 5.10 Å². The highest BCUT2D eigenvalue weighted by Gasteiger charge is 2.53. The van der Waals surface area contributed by atoms with Crippen LogP contribution >= 0.6 is 0 Å². The van der Waals surface area contributed by atoms with Crippen molar-refractivity contribution in [3.8, 4) is 5.75 Å². The minimum atomic E-state index is -5.08. The lowest BCUT2D eigenvalue weighted by molar-refractivity contribution is -0.193. The molecule has 1 atom stereocenters. The second kappa shape index (κ2) is 12.0. The molecule has 1 unspecified atom stereocenters. The van der Waals surface area contributed by atoms with E-state index in [-0.39, 0.29) is 5.60 Å². The first kappa shape index (κ1) is 29.5. The lowest BCUT2D eigenvalue weighted by Gasteiger charge is -2.50. The number of aryl methyl sites for hydroxylation is 1. The highest BCUT2D eigenvalue weighted by atomic mass is 19.4. The standard InChI is InChI=1S/C17H20N4O2.2C2HF3O2/c1-13-4-5-16(20-19-13)21-11-17(12-21)14(6-8-23-17)10-22-15-3-2-7-18-9-15;2*3-2(4,5)1(6)7/h2-5,7,9,14H,6,8,10-12H2,1H3;2*(H,6,7). The number of anilines is 1. The van der Waals surface area contributed by atoms with Crippen LogP contribution in [0, 0.1) is 12.8 Å². The summed E-state index contributed by atoms with van der Waals surface area (Å²) in [4.78, 5) is 24.1. The smallest absolute Gasteiger partial charge is 0.490 e. The molecule has 1 spiro atoms. The van der Waals surface area contributed by atoms with Gasteiger partial charge in [0.15, 0.2) is 5.82 Å². The van der Waals surface area contributed by atoms with E-state index in [0.717, 1.165) is 43.4 Å². The first-order valence-electron chi connectivity index (χ1n) is 10.5. The number of carbonyl (C=O) groups is 2. The molecule has 4 heterocycles. The van der Waals surface area contributed by atoms with Crippen LogP contribution in [0.4, 0.5) is 32.2 Å². The molecule has 0 radical (unpaired) electrons. The van der Waals surface area contributed by atoms with Crippen LogP contribution in [-0.2, 0) is 14.3 Å². The maximum atomic E-state index is 10.6. The number of ether oxygens (including phenoxy) is 2. The van der Waals surface area contributed by atoms with E-state index in [1.807, 2.05) is 31.2 Å². The van der Waals surface area contributed by atoms with E-state index in [0.29, 0.717) is 12.5 Å². The van der Waals surface area contributed by atoms with Gasteiger partial charge in [-0.25, -0.2) is 9.59 Å². The number of hydrogen-bond donors (Lipinski definition) is 2. The monoisotopic (exact) mass is 540 g/mol. The highest BCUT2D eigenvalue weighted by Crippen LogP contribution is 2.41. The lowest BCUT2D eigenvalue weighted by Crippen LogP contribution is -2.66. The van der Waals surface area contributed by atoms with Crippen LogP contribution in [0.3, 0.4) is 0 Å². The Morgan fingerprint density at radius 3 is 2.14 bits per heavy atom. The summed E-state index contributed by atoms with van der Waals surface area (Å²) in [5, 5.41) is 22.6. The zero-order valence-corrected chi connectivity index (χ0v) is 19.2. The largest absolute Gasteiger partial charge is 0.492 e. The molecule has 0 saturated carbocycles. The van der Waals surface area contributed by atoms with Crippen LogP contribution in [0.5, 0.6) is 5.75 Å². The van der Waals surface area contributed by atoms with E-state index in [2.05, 4.69) is 20.1 Å². The Balaban J connectivity index is 0.000000286. The Morgan fingerprint density at radius 2 is 1.68 bits per heavy atom. The molecule has 2 aliphatic heterocycles. The summed E-state index contributed by atoms with van der Waals surface area (Å²) >= 11 is 0. The van der Waals surface area contributed by atoms with Gasteiger partial charge in [0.05, 0.1) is 31.6 Å². The number of halogens is 6. The maximum Gasteiger partial charge on any atom is 0.490 e. The molecule has 2 fully saturated rings. The van der Waals surface area contributed by atoms with Gasteiger partial charge in [0.2, 0.25) is 0 Å². The van der Waals surface area contributed by atoms with Crippen LogP contribution in [0.15, 0.2) is 36.7 Å². The Kier molecular flexibility index (Phi) is 9.61. The van der Waals surface area contributed by atoms with Crippen LogP contribution in [0.2, 0.25) is 0 Å². The van der Waals surface area contributed by atoms with Gasteiger partial charge < -0.3 is 24.6 Å². The van der Waals surface area contributed by atoms with E-state index in [1.165, 1.54) is 0 Å². The summed E-state index contributed by atoms with van der Waals surface area (Å²) in [7, 11) is 0. The van der Waals surface area contributed by atoms with Gasteiger partial charge in [-0.2, -0.15) is 31.4 Å². The zero-order valence-electron chi connectivity index (χ0n) is 19.2. The third-order valence-electron chi connectivity index (χ3n) is 5.20. The Bertz CT molecular complexity index is 1010. The molecule has 37 heavy (non-hydrogen) atoms. The molecule has 2 N–H and O–H groups in total. The van der Waals surface area contributed by atoms with Crippen molar-refractivity contribution in [3.63, 3.8) is 0 Å². The molecule has 2 aliphatic rings. The molecule has 10 nitrogen and oxygen atoms in total. The number of pyridine rings is 1. The molecule has 2 aromatic rings. The van der Waals surface area contributed by atoms with E-state index in [1.54, 1.807) is 12.4 Å². The average molecular weight is 540 g/mol. The molecule has 4 rings (SSSR count). The van der Waals surface area contributed by atoms with Crippen LogP contribution in [0.25, 0.3) is 0 Å². The third kappa shape index (κ3) is 8.73. The molecule has 0 aliphatic carbocycles. The van der Waals surface area contributed by atoms with E-state index < -0.39 is 24.3 Å². The lowest BCUT2D eigenvalue weighted by atomic mass is 9.81. The molecule has 0 amide bonds. The van der Waals surface area contributed by atoms with Crippen molar-refractivity contribution < 1.29 is 55.6 Å². The van der Waals surface area contributed by atoms with Gasteiger partial charge in [0.1, 0.15) is 11.4 Å². The van der Waals surface area contributed by atoms with Crippen molar-refractivity contribution in [1.29, 1.82) is 0 Å². The van der Waals surface area contributed by atoms with Crippen molar-refractivity contribution >= 4 is 17.8 Å². The second-order valence-corrected chi connectivity index (χ2v) is 7.89. The minimum Gasteiger partial charge on any atom is -0.492 e. The van der Waals surface area contributed by atoms with Crippen molar-refractivity contribution in [1.82, 2.24) is 15.2 Å². The van der Waals surface area contributed by atoms with Gasteiger partial charge >= 0.3 is 24.3 Å². The Labute approximate surface area is 205 Å². The number of carboxylic acid groups (broad SMARTS) is 2. The predicted octanol–water partition coefficient (Wildman–Crippen LogP) is 3.12. The van der Waals surface area contributed by atoms with Crippen LogP contribution in [0.1, 0.15) is 12.1 Å². The van der Waals surface area contributed by atoms with Crippen molar-refractivity contribution in [3.05, 3.63) is 42.4 Å². The van der Waals surface area contributed by atoms with Crippen molar-refractivity contribution in [2.75, 3.05) is 31.2 Å². The first-order valence-corrected chi connectivity index (χ1v) is 10.5. The first-order chi connectivity index (χ1) is 17.1. The van der Waals surface area contributed by atoms with Gasteiger partial charge in [0.25, 0.3) is 0 Å². The number of rotatable bonds is 4. The highest BCUT2D eigenvalue weighted by molar-refractivity contribution is 5.73. The van der Waals surface area contributed by atoms with Gasteiger partial charge in [-0.05, 0) is 37.6 Å². The van der Waals surface area contributed by atoms with Gasteiger partial charge in [-0.3, -0.25) is 4.98 Å². The topological polar surface area (TPSA) is 135 Å². The summed E-state index contributed by atoms with van der Waals surface area (Å²) in [5.41, 5.74) is 0.832. The van der Waals surface area contributed by atoms with E-state index in [4.69, 9.17) is 29.3 Å². The summed E-state index contributed by atoms with van der Waals surface area (Å²) in [6.07, 6.45) is -5.63. The maximum absolute atomic E-state index is 10.6. The molecule has 0 aromatic carbocycles. The Hall–Kier alpha value is -3.69. The van der Waals surface area contributed by atoms with Crippen molar-refractivity contribution in [2.45, 2.75) is 31.3 Å². The summed E-state index contributed by atoms with van der Waals surface area (Å²) in [5.74, 6) is -3.38. The predicted molar refractivity (Wildman–Crippen MR) is 113 cm³/mol. The zero-order chi connectivity index (χ0) is 27.9. The van der Waals surface area contributed by atoms with Crippen LogP contribution in [-0.4, -0.2) is 81.6 Å². The van der Waals surface area contributed by atoms with Crippen molar-refractivity contribution in [2.24, 2.45) is 5.92 Å². The fourth-order valence-electron chi connectivity index (χ4n) is 3.32. The molecule has 204 valence electrons. The van der Waals surface area contributed by atoms with E-state index >= 15 is 0 Å². The number of nitrogens with zero attached hydrogens (tertiary/aromatic N) is 4. The number of aliphatic carboxylic acids is 2. The Morgan fingerprint density at radius 1 is 1.08 bits per heavy atom. The number of carboxylic acids is 2. The summed E-state index contributed by atoms with van der Waals surface area (Å²) in [6, 6.07) is 7.83. The molecule has 2 aromatic heterocycles. The van der Waals surface area contributed by atoms with Gasteiger partial charge in [-0.1, -0.05) is 0 Å². The molecule has 16 heteroatoms. The average Bonchev–Trinajstić information content (AvgIpc) is 3.22. The third-order valence-corrected chi connectivity index (χ3v) is 5.20. The SMILES string of the molecule is Cc1ccc(N2CC3(C2)OCCC3COc2cccnc2)nn1.O=C(O)C(F)(F)F.O=C(O)C(F)(F)F. The summed E-state index contributed by atoms with van der Waals surface area (Å²) in [6.45, 7) is 5.12. The normalized spacial score (nSPS) is 18.0. The summed E-state index contributed by atoms with van der Waals surface area (Å²) < 4.78 is 75.4. The second-order valence-electron chi connectivity index (χ2n) is 7.89. The van der Waals surface area contributed by atoms with Crippen LogP contribution < -0.4 is 9.64 Å². The fraction of sp³-hybridized carbons (Fsp3) is 0.476. The molecule has 2 saturated heterocycles. The van der Waals surface area contributed by atoms with E-state index in [9.17, 15) is 26.3 Å². The number of hydrogen-bond acceptors (Lipinski definition) is 8. The number of alkyl halides is 6.